The molecule has 0 aliphatic rings. The molecule has 0 saturated heterocycles. The first-order chi connectivity index (χ1) is 9.28. The molecule has 0 saturated carbocycles. The van der Waals surface area contributed by atoms with Crippen LogP contribution in [-0.2, 0) is 19.6 Å². The number of anilines is 1. The van der Waals surface area contributed by atoms with Crippen LogP contribution < -0.4 is 4.90 Å². The van der Waals surface area contributed by atoms with Crippen molar-refractivity contribution in [3.8, 4) is 0 Å². The molecular weight excluding hydrogens is 280 g/mol. The number of likely N-dealkylation sites (N-methyl/N-ethyl adjacent to an activating group) is 1. The van der Waals surface area contributed by atoms with Crippen LogP contribution in [0.3, 0.4) is 0 Å². The smallest absolute Gasteiger partial charge is 0.325 e. The van der Waals surface area contributed by atoms with Crippen LogP contribution in [-0.4, -0.2) is 53.0 Å². The van der Waals surface area contributed by atoms with Crippen molar-refractivity contribution in [3.05, 3.63) is 24.3 Å². The van der Waals surface area contributed by atoms with Gasteiger partial charge in [-0.3, -0.25) is 4.79 Å². The average Bonchev–Trinajstić information content (AvgIpc) is 2.38. The number of nitrogens with zero attached hydrogens (tertiary/aromatic N) is 2. The van der Waals surface area contributed by atoms with Crippen LogP contribution in [0.5, 0.6) is 0 Å². The van der Waals surface area contributed by atoms with Gasteiger partial charge in [-0.2, -0.15) is 0 Å². The number of ether oxygens (including phenoxy) is 1. The third-order valence-electron chi connectivity index (χ3n) is 2.73. The first-order valence-corrected chi connectivity index (χ1v) is 7.62. The molecule has 0 aliphatic carbocycles. The zero-order chi connectivity index (χ0) is 15.3. The number of rotatable bonds is 6. The summed E-state index contributed by atoms with van der Waals surface area (Å²) in [5.74, 6) is -0.319. The minimum Gasteiger partial charge on any atom is -0.465 e. The first kappa shape index (κ1) is 16.5. The Morgan fingerprint density at radius 3 is 2.15 bits per heavy atom. The van der Waals surface area contributed by atoms with Gasteiger partial charge in [0.2, 0.25) is 10.0 Å². The Morgan fingerprint density at radius 2 is 1.70 bits per heavy atom. The second kappa shape index (κ2) is 6.71. The van der Waals surface area contributed by atoms with Gasteiger partial charge in [-0.1, -0.05) is 0 Å². The lowest BCUT2D eigenvalue weighted by molar-refractivity contribution is -0.141. The Hall–Kier alpha value is -1.60. The van der Waals surface area contributed by atoms with Crippen LogP contribution >= 0.6 is 0 Å². The van der Waals surface area contributed by atoms with E-state index in [2.05, 4.69) is 0 Å². The Labute approximate surface area is 120 Å². The molecule has 0 radical (unpaired) electrons. The van der Waals surface area contributed by atoms with Crippen molar-refractivity contribution in [1.82, 2.24) is 4.31 Å². The maximum absolute atomic E-state index is 11.9. The van der Waals surface area contributed by atoms with Crippen molar-refractivity contribution in [2.75, 3.05) is 39.2 Å². The molecule has 0 heterocycles. The molecule has 0 aliphatic heterocycles. The summed E-state index contributed by atoms with van der Waals surface area (Å²) in [6, 6.07) is 6.36. The van der Waals surface area contributed by atoms with Gasteiger partial charge >= 0.3 is 5.97 Å². The number of hydrogen-bond donors (Lipinski definition) is 0. The SMILES string of the molecule is CCOC(=O)CN(C)c1ccc(S(=O)(=O)N(C)C)cc1. The topological polar surface area (TPSA) is 66.9 Å². The van der Waals surface area contributed by atoms with Gasteiger partial charge in [0.1, 0.15) is 6.54 Å². The Morgan fingerprint density at radius 1 is 1.15 bits per heavy atom. The number of carbonyl (C=O) groups is 1. The minimum absolute atomic E-state index is 0.119. The minimum atomic E-state index is -3.43. The van der Waals surface area contributed by atoms with Crippen LogP contribution in [0, 0.1) is 0 Å². The molecule has 1 aromatic carbocycles. The van der Waals surface area contributed by atoms with Crippen molar-refractivity contribution in [2.45, 2.75) is 11.8 Å². The van der Waals surface area contributed by atoms with E-state index >= 15 is 0 Å². The van der Waals surface area contributed by atoms with E-state index in [1.165, 1.54) is 26.2 Å². The highest BCUT2D eigenvalue weighted by molar-refractivity contribution is 7.89. The fraction of sp³-hybridized carbons (Fsp3) is 0.462. The molecule has 0 amide bonds. The Balaban J connectivity index is 2.84. The first-order valence-electron chi connectivity index (χ1n) is 6.18. The van der Waals surface area contributed by atoms with E-state index in [1.807, 2.05) is 0 Å². The predicted octanol–water partition coefficient (Wildman–Crippen LogP) is 0.936. The lowest BCUT2D eigenvalue weighted by atomic mass is 10.3. The van der Waals surface area contributed by atoms with Crippen molar-refractivity contribution >= 4 is 21.7 Å². The number of sulfonamides is 1. The van der Waals surface area contributed by atoms with Gasteiger partial charge in [-0.15, -0.1) is 0 Å². The Bertz CT molecular complexity index is 552. The third-order valence-corrected chi connectivity index (χ3v) is 4.56. The standard InChI is InChI=1S/C13H20N2O4S/c1-5-19-13(16)10-15(4)11-6-8-12(9-7-11)20(17,18)14(2)3/h6-9H,5,10H2,1-4H3. The molecule has 6 nitrogen and oxygen atoms in total. The molecule has 0 fully saturated rings. The number of esters is 1. The zero-order valence-corrected chi connectivity index (χ0v) is 13.0. The molecule has 1 aromatic rings. The van der Waals surface area contributed by atoms with Crippen molar-refractivity contribution in [2.24, 2.45) is 0 Å². The molecule has 0 atom stereocenters. The van der Waals surface area contributed by atoms with Gasteiger partial charge in [-0.25, -0.2) is 12.7 Å². The van der Waals surface area contributed by atoms with E-state index in [1.54, 1.807) is 31.0 Å². The van der Waals surface area contributed by atoms with Gasteiger partial charge < -0.3 is 9.64 Å². The fourth-order valence-electron chi connectivity index (χ4n) is 1.57. The maximum atomic E-state index is 11.9. The van der Waals surface area contributed by atoms with Crippen LogP contribution in [0.25, 0.3) is 0 Å². The molecular formula is C13H20N2O4S. The molecule has 1 rings (SSSR count). The van der Waals surface area contributed by atoms with Gasteiger partial charge in [0.05, 0.1) is 11.5 Å². The number of hydrogen-bond acceptors (Lipinski definition) is 5. The van der Waals surface area contributed by atoms with Gasteiger partial charge in [0.15, 0.2) is 0 Å². The molecule has 0 N–H and O–H groups in total. The second-order valence-electron chi connectivity index (χ2n) is 4.44. The third kappa shape index (κ3) is 3.94. The molecule has 20 heavy (non-hydrogen) atoms. The Kier molecular flexibility index (Phi) is 5.52. The molecule has 0 bridgehead atoms. The van der Waals surface area contributed by atoms with Crippen LogP contribution in [0.15, 0.2) is 29.2 Å². The highest BCUT2D eigenvalue weighted by atomic mass is 32.2. The second-order valence-corrected chi connectivity index (χ2v) is 6.59. The highest BCUT2D eigenvalue weighted by Gasteiger charge is 2.17. The van der Waals surface area contributed by atoms with Crippen molar-refractivity contribution in [3.63, 3.8) is 0 Å². The summed E-state index contributed by atoms with van der Waals surface area (Å²) in [5, 5.41) is 0. The van der Waals surface area contributed by atoms with Crippen molar-refractivity contribution < 1.29 is 17.9 Å². The summed E-state index contributed by atoms with van der Waals surface area (Å²) >= 11 is 0. The molecule has 112 valence electrons. The summed E-state index contributed by atoms with van der Waals surface area (Å²) in [6.45, 7) is 2.21. The van der Waals surface area contributed by atoms with E-state index in [0.29, 0.717) is 6.61 Å². The quantitative estimate of drug-likeness (QED) is 0.731. The summed E-state index contributed by atoms with van der Waals surface area (Å²) in [6.07, 6.45) is 0. The van der Waals surface area contributed by atoms with Crippen LogP contribution in [0.1, 0.15) is 6.92 Å². The molecule has 0 aromatic heterocycles. The summed E-state index contributed by atoms with van der Waals surface area (Å²) in [4.78, 5) is 13.3. The normalized spacial score (nSPS) is 11.4. The molecule has 0 unspecified atom stereocenters. The zero-order valence-electron chi connectivity index (χ0n) is 12.2. The predicted molar refractivity (Wildman–Crippen MR) is 77.2 cm³/mol. The monoisotopic (exact) mass is 300 g/mol. The van der Waals surface area contributed by atoms with Crippen molar-refractivity contribution in [1.29, 1.82) is 0 Å². The largest absolute Gasteiger partial charge is 0.465 e. The lowest BCUT2D eigenvalue weighted by Crippen LogP contribution is -2.27. The van der Waals surface area contributed by atoms with Gasteiger partial charge in [-0.05, 0) is 31.2 Å². The van der Waals surface area contributed by atoms with E-state index in [0.717, 1.165) is 9.99 Å². The van der Waals surface area contributed by atoms with Gasteiger partial charge in [0, 0.05) is 26.8 Å². The fourth-order valence-corrected chi connectivity index (χ4v) is 2.48. The number of carbonyl (C=O) groups excluding carboxylic acids is 1. The molecule has 0 spiro atoms. The van der Waals surface area contributed by atoms with Crippen LogP contribution in [0.4, 0.5) is 5.69 Å². The summed E-state index contributed by atoms with van der Waals surface area (Å²) in [7, 11) is 1.28. The van der Waals surface area contributed by atoms with Gasteiger partial charge in [0.25, 0.3) is 0 Å². The highest BCUT2D eigenvalue weighted by Crippen LogP contribution is 2.18. The lowest BCUT2D eigenvalue weighted by Gasteiger charge is -2.19. The maximum Gasteiger partial charge on any atom is 0.325 e. The number of benzene rings is 1. The van der Waals surface area contributed by atoms with E-state index in [4.69, 9.17) is 4.74 Å². The van der Waals surface area contributed by atoms with E-state index in [-0.39, 0.29) is 17.4 Å². The van der Waals surface area contributed by atoms with E-state index < -0.39 is 10.0 Å². The average molecular weight is 300 g/mol. The molecule has 7 heteroatoms. The van der Waals surface area contributed by atoms with Crippen LogP contribution in [0.2, 0.25) is 0 Å². The summed E-state index contributed by atoms with van der Waals surface area (Å²) < 4.78 is 29.8. The van der Waals surface area contributed by atoms with E-state index in [9.17, 15) is 13.2 Å². The summed E-state index contributed by atoms with van der Waals surface area (Å²) in [5.41, 5.74) is 0.746.